The molecule has 0 bridgehead atoms. The highest BCUT2D eigenvalue weighted by molar-refractivity contribution is 5.30. The molecule has 2 heterocycles. The van der Waals surface area contributed by atoms with Crippen molar-refractivity contribution in [3.8, 4) is 0 Å². The number of hydrogen-bond donors (Lipinski definition) is 1. The van der Waals surface area contributed by atoms with Crippen molar-refractivity contribution in [2.45, 2.75) is 83.5 Å². The van der Waals surface area contributed by atoms with Crippen molar-refractivity contribution in [1.29, 1.82) is 0 Å². The molecule has 0 radical (unpaired) electrons. The van der Waals surface area contributed by atoms with Crippen LogP contribution in [0.4, 0.5) is 0 Å². The fraction of sp³-hybridized carbons (Fsp3) is 0.714. The molecule has 134 valence electrons. The molecule has 3 heteroatoms. The predicted octanol–water partition coefficient (Wildman–Crippen LogP) is 4.47. The molecular weight excluding hydrogens is 300 g/mol. The predicted molar refractivity (Wildman–Crippen MR) is 97.0 cm³/mol. The summed E-state index contributed by atoms with van der Waals surface area (Å²) in [5, 5.41) is 9.62. The molecule has 3 unspecified atom stereocenters. The van der Waals surface area contributed by atoms with Gasteiger partial charge in [-0.1, -0.05) is 23.3 Å². The van der Waals surface area contributed by atoms with Gasteiger partial charge in [-0.25, -0.2) is 0 Å². The van der Waals surface area contributed by atoms with Gasteiger partial charge in [0, 0.05) is 0 Å². The first-order valence-corrected chi connectivity index (χ1v) is 9.33. The third-order valence-electron chi connectivity index (χ3n) is 6.29. The molecule has 3 atom stereocenters. The summed E-state index contributed by atoms with van der Waals surface area (Å²) in [5.41, 5.74) is 5.20. The lowest BCUT2D eigenvalue weighted by molar-refractivity contribution is 0.146. The van der Waals surface area contributed by atoms with Crippen LogP contribution >= 0.6 is 0 Å². The molecule has 1 aliphatic carbocycles. The van der Waals surface area contributed by atoms with E-state index in [0.29, 0.717) is 6.61 Å². The Kier molecular flexibility index (Phi) is 5.06. The molecule has 2 aliphatic heterocycles. The summed E-state index contributed by atoms with van der Waals surface area (Å²) in [6.07, 6.45) is 11.0. The standard InChI is InChI=1S/C21H32O3/c1-15-6-5-10-20(3)21(4,24-20)11-9-16(2)12-19-18(8-7-15)17(13-22)14-23-19/h6,12,19,22H,5,7-11,13-14H2,1-4H3. The van der Waals surface area contributed by atoms with Crippen LogP contribution in [0, 0.1) is 0 Å². The van der Waals surface area contributed by atoms with Gasteiger partial charge in [0.25, 0.3) is 0 Å². The van der Waals surface area contributed by atoms with Crippen molar-refractivity contribution in [3.63, 3.8) is 0 Å². The number of rotatable bonds is 1. The van der Waals surface area contributed by atoms with E-state index in [-0.39, 0.29) is 23.9 Å². The highest BCUT2D eigenvalue weighted by atomic mass is 16.6. The Morgan fingerprint density at radius 1 is 1.08 bits per heavy atom. The Balaban J connectivity index is 1.82. The van der Waals surface area contributed by atoms with Crippen molar-refractivity contribution in [2.24, 2.45) is 0 Å². The van der Waals surface area contributed by atoms with Crippen LogP contribution in [-0.4, -0.2) is 35.6 Å². The zero-order chi connectivity index (χ0) is 17.4. The Bertz CT molecular complexity index is 586. The van der Waals surface area contributed by atoms with Crippen LogP contribution in [0.1, 0.15) is 66.2 Å². The highest BCUT2D eigenvalue weighted by Crippen LogP contribution is 2.54. The van der Waals surface area contributed by atoms with Gasteiger partial charge in [-0.2, -0.15) is 0 Å². The molecule has 1 fully saturated rings. The minimum atomic E-state index is 0.0133. The van der Waals surface area contributed by atoms with E-state index >= 15 is 0 Å². The lowest BCUT2D eigenvalue weighted by atomic mass is 9.86. The van der Waals surface area contributed by atoms with Crippen molar-refractivity contribution in [2.75, 3.05) is 13.2 Å². The quantitative estimate of drug-likeness (QED) is 0.569. The monoisotopic (exact) mass is 332 g/mol. The maximum atomic E-state index is 9.62. The van der Waals surface area contributed by atoms with E-state index in [1.54, 1.807) is 0 Å². The summed E-state index contributed by atoms with van der Waals surface area (Å²) in [6.45, 7) is 9.61. The molecule has 0 aromatic carbocycles. The first kappa shape index (κ1) is 17.9. The molecule has 3 aliphatic rings. The SMILES string of the molecule is CC1=CCCC2(C)OC2(C)CCC(C)=CC2OCC(CO)=C2CC1. The van der Waals surface area contributed by atoms with Gasteiger partial charge in [-0.3, -0.25) is 0 Å². The lowest BCUT2D eigenvalue weighted by Gasteiger charge is -2.16. The zero-order valence-corrected chi connectivity index (χ0v) is 15.7. The van der Waals surface area contributed by atoms with Gasteiger partial charge in [-0.05, 0) is 77.4 Å². The second-order valence-electron chi connectivity index (χ2n) is 8.18. The van der Waals surface area contributed by atoms with E-state index in [2.05, 4.69) is 39.8 Å². The molecular formula is C21H32O3. The minimum Gasteiger partial charge on any atom is -0.392 e. The van der Waals surface area contributed by atoms with Crippen LogP contribution in [0.2, 0.25) is 0 Å². The smallest absolute Gasteiger partial charge is 0.0978 e. The first-order chi connectivity index (χ1) is 11.4. The number of fused-ring (bicyclic) bond motifs is 2. The van der Waals surface area contributed by atoms with Crippen molar-refractivity contribution in [1.82, 2.24) is 0 Å². The molecule has 1 N–H and O–H groups in total. The van der Waals surface area contributed by atoms with Gasteiger partial charge in [0.05, 0.1) is 30.5 Å². The number of aliphatic hydroxyl groups is 1. The zero-order valence-electron chi connectivity index (χ0n) is 15.7. The molecule has 3 nitrogen and oxygen atoms in total. The van der Waals surface area contributed by atoms with Crippen LogP contribution in [-0.2, 0) is 9.47 Å². The molecule has 0 amide bonds. The van der Waals surface area contributed by atoms with Crippen molar-refractivity contribution >= 4 is 0 Å². The maximum Gasteiger partial charge on any atom is 0.0978 e. The number of epoxide rings is 1. The second kappa shape index (κ2) is 6.78. The third-order valence-corrected chi connectivity index (χ3v) is 6.29. The largest absolute Gasteiger partial charge is 0.392 e. The van der Waals surface area contributed by atoms with Crippen LogP contribution < -0.4 is 0 Å². The van der Waals surface area contributed by atoms with Crippen LogP contribution in [0.3, 0.4) is 0 Å². The van der Waals surface area contributed by atoms with Gasteiger partial charge in [0.15, 0.2) is 0 Å². The fourth-order valence-electron chi connectivity index (χ4n) is 4.11. The Morgan fingerprint density at radius 2 is 1.83 bits per heavy atom. The van der Waals surface area contributed by atoms with E-state index in [1.165, 1.54) is 16.7 Å². The number of aliphatic hydroxyl groups excluding tert-OH is 1. The average Bonchev–Trinajstić information content (AvgIpc) is 2.88. The number of ether oxygens (including phenoxy) is 2. The summed E-state index contributed by atoms with van der Waals surface area (Å²) >= 11 is 0. The molecule has 0 spiro atoms. The van der Waals surface area contributed by atoms with E-state index in [0.717, 1.165) is 44.1 Å². The van der Waals surface area contributed by atoms with Crippen molar-refractivity contribution in [3.05, 3.63) is 34.4 Å². The van der Waals surface area contributed by atoms with Crippen LogP contribution in [0.15, 0.2) is 34.4 Å². The molecule has 3 rings (SSSR count). The molecule has 0 aromatic rings. The molecule has 1 saturated heterocycles. The summed E-state index contributed by atoms with van der Waals surface area (Å²) in [7, 11) is 0. The molecule has 0 aromatic heterocycles. The van der Waals surface area contributed by atoms with Gasteiger partial charge in [-0.15, -0.1) is 0 Å². The normalized spacial score (nSPS) is 38.0. The van der Waals surface area contributed by atoms with Gasteiger partial charge < -0.3 is 14.6 Å². The second-order valence-corrected chi connectivity index (χ2v) is 8.18. The van der Waals surface area contributed by atoms with Gasteiger partial charge in [0.1, 0.15) is 0 Å². The Morgan fingerprint density at radius 3 is 2.58 bits per heavy atom. The first-order valence-electron chi connectivity index (χ1n) is 9.33. The van der Waals surface area contributed by atoms with E-state index in [9.17, 15) is 5.11 Å². The Hall–Kier alpha value is -0.900. The fourth-order valence-corrected chi connectivity index (χ4v) is 4.11. The highest BCUT2D eigenvalue weighted by Gasteiger charge is 2.61. The lowest BCUT2D eigenvalue weighted by Crippen LogP contribution is -2.20. The molecule has 0 saturated carbocycles. The van der Waals surface area contributed by atoms with Gasteiger partial charge >= 0.3 is 0 Å². The number of hydrogen-bond acceptors (Lipinski definition) is 3. The minimum absolute atomic E-state index is 0.0133. The Labute approximate surface area is 146 Å². The van der Waals surface area contributed by atoms with Crippen molar-refractivity contribution < 1.29 is 14.6 Å². The molecule has 24 heavy (non-hydrogen) atoms. The van der Waals surface area contributed by atoms with E-state index < -0.39 is 0 Å². The third kappa shape index (κ3) is 3.54. The summed E-state index contributed by atoms with van der Waals surface area (Å²) in [6, 6.07) is 0. The van der Waals surface area contributed by atoms with E-state index in [1.807, 2.05) is 0 Å². The average molecular weight is 332 g/mol. The number of allylic oxidation sites excluding steroid dienone is 3. The van der Waals surface area contributed by atoms with Gasteiger partial charge in [0.2, 0.25) is 0 Å². The topological polar surface area (TPSA) is 42.0 Å². The summed E-state index contributed by atoms with van der Waals surface area (Å²) < 4.78 is 12.1. The summed E-state index contributed by atoms with van der Waals surface area (Å²) in [4.78, 5) is 0. The van der Waals surface area contributed by atoms with E-state index in [4.69, 9.17) is 9.47 Å². The van der Waals surface area contributed by atoms with Crippen LogP contribution in [0.5, 0.6) is 0 Å². The van der Waals surface area contributed by atoms with Crippen LogP contribution in [0.25, 0.3) is 0 Å². The maximum absolute atomic E-state index is 9.62. The summed E-state index contributed by atoms with van der Waals surface area (Å²) in [5.74, 6) is 0.